The summed E-state index contributed by atoms with van der Waals surface area (Å²) in [4.78, 5) is 0. The first-order chi connectivity index (χ1) is 19.8. The lowest BCUT2D eigenvalue weighted by Crippen LogP contribution is -2.47. The normalized spacial score (nSPS) is 29.2. The van der Waals surface area contributed by atoms with Gasteiger partial charge in [0, 0.05) is 6.42 Å². The predicted octanol–water partition coefficient (Wildman–Crippen LogP) is 7.64. The molecule has 238 valence electrons. The molecule has 2 saturated carbocycles. The highest BCUT2D eigenvalue weighted by Crippen LogP contribution is 2.62. The molecule has 0 spiro atoms. The maximum Gasteiger partial charge on any atom is 0.488 e. The first-order valence-electron chi connectivity index (χ1n) is 16.0. The van der Waals surface area contributed by atoms with E-state index in [0.29, 0.717) is 34.9 Å². The molecule has 42 heavy (non-hydrogen) atoms. The molecule has 10 heteroatoms. The van der Waals surface area contributed by atoms with Crippen LogP contribution in [0.15, 0.2) is 18.2 Å². The van der Waals surface area contributed by atoms with Crippen LogP contribution in [0.5, 0.6) is 0 Å². The SMILES string of the molecule is C[C@]12CC[C@@H]3c4ccc(B(O)O)cc4C[C@@H](CCCCCCCCCSCCCC(F)(F)C(F)(F)F)[C@H]3[C@@H]1CC[C@@H]2O. The van der Waals surface area contributed by atoms with Gasteiger partial charge in [0.15, 0.2) is 0 Å². The molecule has 3 N–H and O–H groups in total. The van der Waals surface area contributed by atoms with Gasteiger partial charge < -0.3 is 15.2 Å². The number of thioether (sulfide) groups is 1. The second-order valence-corrected chi connectivity index (χ2v) is 14.6. The highest BCUT2D eigenvalue weighted by molar-refractivity contribution is 7.99. The molecule has 0 unspecified atom stereocenters. The number of alkyl halides is 5. The maximum atomic E-state index is 12.9. The van der Waals surface area contributed by atoms with Gasteiger partial charge in [0.1, 0.15) is 0 Å². The number of hydrogen-bond acceptors (Lipinski definition) is 4. The van der Waals surface area contributed by atoms with Crippen LogP contribution in [0.1, 0.15) is 114 Å². The van der Waals surface area contributed by atoms with E-state index in [1.54, 1.807) is 0 Å². The summed E-state index contributed by atoms with van der Waals surface area (Å²) in [5.74, 6) is -1.34. The van der Waals surface area contributed by atoms with Crippen LogP contribution in [0.4, 0.5) is 22.0 Å². The molecule has 1 aromatic carbocycles. The molecular weight excluding hydrogens is 570 g/mol. The third-order valence-electron chi connectivity index (χ3n) is 10.7. The van der Waals surface area contributed by atoms with Gasteiger partial charge in [-0.1, -0.05) is 63.6 Å². The van der Waals surface area contributed by atoms with Crippen molar-refractivity contribution in [2.75, 3.05) is 11.5 Å². The number of hydrogen-bond donors (Lipinski definition) is 3. The monoisotopic (exact) mass is 618 g/mol. The molecule has 1 aromatic rings. The van der Waals surface area contributed by atoms with Gasteiger partial charge in [-0.05, 0) is 109 Å². The van der Waals surface area contributed by atoms with Crippen molar-refractivity contribution >= 4 is 24.3 Å². The van der Waals surface area contributed by atoms with E-state index in [2.05, 4.69) is 13.0 Å². The fourth-order valence-corrected chi connectivity index (χ4v) is 9.32. The van der Waals surface area contributed by atoms with Crippen LogP contribution in [0.3, 0.4) is 0 Å². The van der Waals surface area contributed by atoms with Crippen LogP contribution in [0, 0.1) is 23.2 Å². The van der Waals surface area contributed by atoms with E-state index in [1.807, 2.05) is 12.1 Å². The molecule has 3 aliphatic carbocycles. The first kappa shape index (κ1) is 34.0. The van der Waals surface area contributed by atoms with Crippen LogP contribution in [0.2, 0.25) is 0 Å². The maximum absolute atomic E-state index is 12.9. The van der Waals surface area contributed by atoms with Crippen molar-refractivity contribution in [3.05, 3.63) is 29.3 Å². The molecule has 0 saturated heterocycles. The van der Waals surface area contributed by atoms with E-state index in [1.165, 1.54) is 29.3 Å². The Morgan fingerprint density at radius 1 is 0.905 bits per heavy atom. The van der Waals surface area contributed by atoms with E-state index in [0.717, 1.165) is 82.8 Å². The summed E-state index contributed by atoms with van der Waals surface area (Å²) >= 11 is 1.46. The number of aliphatic hydroxyl groups excluding tert-OH is 1. The largest absolute Gasteiger partial charge is 0.488 e. The second-order valence-electron chi connectivity index (χ2n) is 13.4. The van der Waals surface area contributed by atoms with Gasteiger partial charge in [-0.15, -0.1) is 0 Å². The Hall–Kier alpha value is -0.835. The van der Waals surface area contributed by atoms with Crippen molar-refractivity contribution in [2.45, 2.75) is 127 Å². The molecule has 3 aliphatic rings. The van der Waals surface area contributed by atoms with Crippen molar-refractivity contribution in [2.24, 2.45) is 23.2 Å². The molecule has 2 fully saturated rings. The fraction of sp³-hybridized carbons (Fsp3) is 0.812. The second kappa shape index (κ2) is 14.5. The zero-order valence-electron chi connectivity index (χ0n) is 24.9. The molecule has 0 radical (unpaired) electrons. The van der Waals surface area contributed by atoms with Gasteiger partial charge >= 0.3 is 19.2 Å². The van der Waals surface area contributed by atoms with Crippen molar-refractivity contribution in [1.82, 2.24) is 0 Å². The van der Waals surface area contributed by atoms with Gasteiger partial charge in [0.2, 0.25) is 0 Å². The standard InChI is InChI=1S/C32H48BF5O3S/c1-30-17-15-26-25-12-11-24(33(40)41)21-23(25)20-22(29(26)27(30)13-14-28(30)39)10-7-5-3-2-4-6-8-18-42-19-9-16-31(34,35)32(36,37)38/h11-12,21-22,26-29,39-41H,2-10,13-20H2,1H3/t22-,26-,27+,28+,29-,30+/m1/s1. The fourth-order valence-electron chi connectivity index (χ4n) is 8.36. The minimum absolute atomic E-state index is 0.00455. The lowest BCUT2D eigenvalue weighted by Gasteiger charge is -2.53. The Morgan fingerprint density at radius 2 is 1.57 bits per heavy atom. The Balaban J connectivity index is 1.17. The van der Waals surface area contributed by atoms with Crippen LogP contribution >= 0.6 is 11.8 Å². The molecule has 0 aromatic heterocycles. The molecule has 6 atom stereocenters. The smallest absolute Gasteiger partial charge is 0.423 e. The summed E-state index contributed by atoms with van der Waals surface area (Å²) in [5.41, 5.74) is 3.21. The summed E-state index contributed by atoms with van der Waals surface area (Å²) in [5, 5.41) is 30.4. The zero-order valence-corrected chi connectivity index (χ0v) is 25.7. The van der Waals surface area contributed by atoms with Crippen LogP contribution in [0.25, 0.3) is 0 Å². The topological polar surface area (TPSA) is 60.7 Å². The molecule has 0 aliphatic heterocycles. The third kappa shape index (κ3) is 7.87. The van der Waals surface area contributed by atoms with Crippen molar-refractivity contribution in [3.8, 4) is 0 Å². The average Bonchev–Trinajstić information content (AvgIpc) is 3.23. The van der Waals surface area contributed by atoms with E-state index in [4.69, 9.17) is 0 Å². The van der Waals surface area contributed by atoms with E-state index >= 15 is 0 Å². The molecule has 0 amide bonds. The molecular formula is C32H48BF5O3S. The van der Waals surface area contributed by atoms with Crippen LogP contribution in [-0.4, -0.2) is 52.0 Å². The third-order valence-corrected chi connectivity index (χ3v) is 11.9. The summed E-state index contributed by atoms with van der Waals surface area (Å²) < 4.78 is 62.5. The Bertz CT molecular complexity index is 1010. The highest BCUT2D eigenvalue weighted by Gasteiger charge is 2.57. The van der Waals surface area contributed by atoms with E-state index < -0.39 is 25.6 Å². The zero-order chi connectivity index (χ0) is 30.5. The summed E-state index contributed by atoms with van der Waals surface area (Å²) in [6, 6.07) is 5.98. The number of aliphatic hydroxyl groups is 1. The van der Waals surface area contributed by atoms with E-state index in [-0.39, 0.29) is 17.9 Å². The molecule has 0 heterocycles. The van der Waals surface area contributed by atoms with Crippen molar-refractivity contribution in [3.63, 3.8) is 0 Å². The van der Waals surface area contributed by atoms with Crippen LogP contribution < -0.4 is 5.46 Å². The number of unbranched alkanes of at least 4 members (excludes halogenated alkanes) is 6. The quantitative estimate of drug-likeness (QED) is 0.107. The number of fused-ring (bicyclic) bond motifs is 5. The number of halogens is 5. The lowest BCUT2D eigenvalue weighted by molar-refractivity contribution is -0.284. The van der Waals surface area contributed by atoms with E-state index in [9.17, 15) is 37.1 Å². The van der Waals surface area contributed by atoms with Crippen molar-refractivity contribution < 1.29 is 37.1 Å². The highest BCUT2D eigenvalue weighted by atomic mass is 32.2. The van der Waals surface area contributed by atoms with Gasteiger partial charge in [-0.3, -0.25) is 0 Å². The molecule has 4 rings (SSSR count). The average molecular weight is 619 g/mol. The summed E-state index contributed by atoms with van der Waals surface area (Å²) in [7, 11) is -1.46. The van der Waals surface area contributed by atoms with Gasteiger partial charge in [-0.25, -0.2) is 0 Å². The molecule has 3 nitrogen and oxygen atoms in total. The molecule has 0 bridgehead atoms. The Morgan fingerprint density at radius 3 is 2.26 bits per heavy atom. The Kier molecular flexibility index (Phi) is 11.8. The minimum Gasteiger partial charge on any atom is -0.423 e. The lowest BCUT2D eigenvalue weighted by atomic mass is 9.52. The number of rotatable bonds is 15. The summed E-state index contributed by atoms with van der Waals surface area (Å²) in [6.45, 7) is 2.30. The minimum atomic E-state index is -5.45. The first-order valence-corrected chi connectivity index (χ1v) is 17.2. The van der Waals surface area contributed by atoms with Gasteiger partial charge in [-0.2, -0.15) is 33.7 Å². The van der Waals surface area contributed by atoms with Crippen LogP contribution in [-0.2, 0) is 6.42 Å². The predicted molar refractivity (Wildman–Crippen MR) is 160 cm³/mol. The summed E-state index contributed by atoms with van der Waals surface area (Å²) in [6.07, 6.45) is 7.07. The number of benzene rings is 1. The Labute approximate surface area is 252 Å². The van der Waals surface area contributed by atoms with Gasteiger partial charge in [0.05, 0.1) is 6.10 Å². The van der Waals surface area contributed by atoms with Crippen molar-refractivity contribution in [1.29, 1.82) is 0 Å². The van der Waals surface area contributed by atoms with Gasteiger partial charge in [0.25, 0.3) is 0 Å².